The van der Waals surface area contributed by atoms with Crippen molar-refractivity contribution < 1.29 is 9.53 Å². The third-order valence-electron chi connectivity index (χ3n) is 4.24. The lowest BCUT2D eigenvalue weighted by Crippen LogP contribution is -2.36. The molecule has 0 saturated carbocycles. The summed E-state index contributed by atoms with van der Waals surface area (Å²) in [5, 5.41) is 6.11. The van der Waals surface area contributed by atoms with Gasteiger partial charge in [0.05, 0.1) is 13.2 Å². The number of nitrogens with one attached hydrogen (secondary N) is 2. The van der Waals surface area contributed by atoms with Gasteiger partial charge < -0.3 is 20.3 Å². The maximum Gasteiger partial charge on any atom is 0.226 e. The first kappa shape index (κ1) is 18.4. The minimum absolute atomic E-state index is 0.0868. The van der Waals surface area contributed by atoms with E-state index in [4.69, 9.17) is 17.0 Å². The monoisotopic (exact) mass is 369 g/mol. The van der Waals surface area contributed by atoms with E-state index in [1.807, 2.05) is 54.6 Å². The molecule has 0 bridgehead atoms. The molecule has 0 radical (unpaired) electrons. The highest BCUT2D eigenvalue weighted by Gasteiger charge is 2.11. The number of amides is 1. The van der Waals surface area contributed by atoms with Crippen molar-refractivity contribution in [2.45, 2.75) is 12.8 Å². The van der Waals surface area contributed by atoms with Crippen molar-refractivity contribution in [3.05, 3.63) is 60.2 Å². The Balaban J connectivity index is 1.44. The lowest BCUT2D eigenvalue weighted by Gasteiger charge is -2.28. The largest absolute Gasteiger partial charge is 0.378 e. The number of rotatable bonds is 5. The smallest absolute Gasteiger partial charge is 0.226 e. The van der Waals surface area contributed by atoms with Crippen LogP contribution in [0.5, 0.6) is 0 Å². The maximum absolute atomic E-state index is 12.0. The number of nitrogens with zero attached hydrogens (tertiary/aromatic N) is 1. The number of carbonyl (C=O) groups excluding carboxylic acids is 1. The van der Waals surface area contributed by atoms with Crippen LogP contribution in [0, 0.1) is 0 Å². The fraction of sp³-hybridized carbons (Fsp3) is 0.300. The first-order valence-corrected chi connectivity index (χ1v) is 9.19. The number of ether oxygens (including phenoxy) is 1. The van der Waals surface area contributed by atoms with Crippen LogP contribution in [0.15, 0.2) is 54.6 Å². The van der Waals surface area contributed by atoms with Gasteiger partial charge in [0.1, 0.15) is 0 Å². The predicted octanol–water partition coefficient (Wildman–Crippen LogP) is 2.97. The molecular weight excluding hydrogens is 346 g/mol. The normalized spacial score (nSPS) is 13.9. The van der Waals surface area contributed by atoms with Crippen LogP contribution < -0.4 is 15.5 Å². The van der Waals surface area contributed by atoms with Gasteiger partial charge >= 0.3 is 0 Å². The van der Waals surface area contributed by atoms with Crippen molar-refractivity contribution >= 4 is 34.6 Å². The van der Waals surface area contributed by atoms with Gasteiger partial charge in [-0.05, 0) is 48.5 Å². The third kappa shape index (κ3) is 5.54. The first-order chi connectivity index (χ1) is 12.7. The fourth-order valence-corrected chi connectivity index (χ4v) is 3.06. The molecule has 0 unspecified atom stereocenters. The van der Waals surface area contributed by atoms with Gasteiger partial charge in [0.2, 0.25) is 5.91 Å². The Morgan fingerprint density at radius 3 is 2.42 bits per heavy atom. The van der Waals surface area contributed by atoms with Gasteiger partial charge in [-0.3, -0.25) is 4.79 Å². The number of morpholine rings is 1. The number of aryl methyl sites for hydroxylation is 1. The number of carbonyl (C=O) groups is 1. The Bertz CT molecular complexity index is 728. The number of hydrogen-bond acceptors (Lipinski definition) is 4. The average molecular weight is 369 g/mol. The molecule has 6 heteroatoms. The molecule has 26 heavy (non-hydrogen) atoms. The van der Waals surface area contributed by atoms with Crippen molar-refractivity contribution in [3.8, 4) is 0 Å². The van der Waals surface area contributed by atoms with E-state index >= 15 is 0 Å². The van der Waals surface area contributed by atoms with Crippen LogP contribution in [0.1, 0.15) is 12.0 Å². The van der Waals surface area contributed by atoms with Crippen LogP contribution in [-0.4, -0.2) is 37.3 Å². The molecule has 0 atom stereocenters. The molecule has 1 amide bonds. The Kier molecular flexibility index (Phi) is 6.57. The molecule has 2 aromatic rings. The topological polar surface area (TPSA) is 53.6 Å². The Morgan fingerprint density at radius 1 is 1.04 bits per heavy atom. The van der Waals surface area contributed by atoms with E-state index in [9.17, 15) is 4.79 Å². The maximum atomic E-state index is 12.0. The van der Waals surface area contributed by atoms with Crippen molar-refractivity contribution in [1.82, 2.24) is 5.32 Å². The van der Waals surface area contributed by atoms with E-state index in [0.717, 1.165) is 43.2 Å². The Morgan fingerprint density at radius 2 is 1.73 bits per heavy atom. The molecule has 1 fully saturated rings. The highest BCUT2D eigenvalue weighted by Crippen LogP contribution is 2.19. The van der Waals surface area contributed by atoms with Crippen molar-refractivity contribution in [2.24, 2.45) is 0 Å². The lowest BCUT2D eigenvalue weighted by atomic mass is 10.1. The summed E-state index contributed by atoms with van der Waals surface area (Å²) in [6, 6.07) is 18.0. The summed E-state index contributed by atoms with van der Waals surface area (Å²) in [7, 11) is 0. The van der Waals surface area contributed by atoms with Crippen LogP contribution >= 0.6 is 12.2 Å². The second-order valence-electron chi connectivity index (χ2n) is 6.13. The summed E-state index contributed by atoms with van der Waals surface area (Å²) >= 11 is 5.23. The van der Waals surface area contributed by atoms with E-state index < -0.39 is 0 Å². The van der Waals surface area contributed by atoms with Gasteiger partial charge in [-0.15, -0.1) is 0 Å². The summed E-state index contributed by atoms with van der Waals surface area (Å²) < 4.78 is 5.37. The van der Waals surface area contributed by atoms with Crippen LogP contribution in [0.4, 0.5) is 11.4 Å². The van der Waals surface area contributed by atoms with Gasteiger partial charge in [0.15, 0.2) is 5.11 Å². The zero-order valence-electron chi connectivity index (χ0n) is 14.6. The Labute approximate surface area is 159 Å². The minimum atomic E-state index is -0.0868. The molecular formula is C20H23N3O2S. The van der Waals surface area contributed by atoms with Gasteiger partial charge in [-0.2, -0.15) is 0 Å². The second kappa shape index (κ2) is 9.31. The van der Waals surface area contributed by atoms with E-state index in [1.165, 1.54) is 0 Å². The molecule has 2 aromatic carbocycles. The molecule has 2 N–H and O–H groups in total. The summed E-state index contributed by atoms with van der Waals surface area (Å²) in [5.41, 5.74) is 3.16. The second-order valence-corrected chi connectivity index (χ2v) is 6.54. The highest BCUT2D eigenvalue weighted by molar-refractivity contribution is 7.80. The molecule has 1 aliphatic rings. The number of thiocarbonyl (C=S) groups is 1. The standard InChI is InChI=1S/C20H23N3O2S/c24-19(11-6-16-4-2-1-3-5-16)22-20(26)21-17-7-9-18(10-8-17)23-12-14-25-15-13-23/h1-5,7-10H,6,11-15H2,(H2,21,22,24,26). The van der Waals surface area contributed by atoms with Gasteiger partial charge in [-0.1, -0.05) is 30.3 Å². The SMILES string of the molecule is O=C(CCc1ccccc1)NC(=S)Nc1ccc(N2CCOCC2)cc1. The van der Waals surface area contributed by atoms with Crippen LogP contribution in [-0.2, 0) is 16.0 Å². The predicted molar refractivity (Wildman–Crippen MR) is 109 cm³/mol. The molecule has 5 nitrogen and oxygen atoms in total. The van der Waals surface area contributed by atoms with Gasteiger partial charge in [0, 0.05) is 30.9 Å². The van der Waals surface area contributed by atoms with E-state index in [-0.39, 0.29) is 5.91 Å². The average Bonchev–Trinajstić information content (AvgIpc) is 2.68. The van der Waals surface area contributed by atoms with Crippen LogP contribution in [0.2, 0.25) is 0 Å². The number of anilines is 2. The summed E-state index contributed by atoms with van der Waals surface area (Å²) in [5.74, 6) is -0.0868. The molecule has 136 valence electrons. The lowest BCUT2D eigenvalue weighted by molar-refractivity contribution is -0.119. The molecule has 1 aliphatic heterocycles. The quantitative estimate of drug-likeness (QED) is 0.794. The molecule has 0 spiro atoms. The van der Waals surface area contributed by atoms with Crippen LogP contribution in [0.3, 0.4) is 0 Å². The molecule has 0 aliphatic carbocycles. The summed E-state index contributed by atoms with van der Waals surface area (Å²) in [6.45, 7) is 3.34. The van der Waals surface area contributed by atoms with E-state index in [2.05, 4.69) is 15.5 Å². The van der Waals surface area contributed by atoms with E-state index in [0.29, 0.717) is 18.0 Å². The van der Waals surface area contributed by atoms with Gasteiger partial charge in [0.25, 0.3) is 0 Å². The molecule has 0 aromatic heterocycles. The van der Waals surface area contributed by atoms with Crippen molar-refractivity contribution in [2.75, 3.05) is 36.5 Å². The molecule has 3 rings (SSSR count). The third-order valence-corrected chi connectivity index (χ3v) is 4.44. The van der Waals surface area contributed by atoms with Crippen molar-refractivity contribution in [1.29, 1.82) is 0 Å². The van der Waals surface area contributed by atoms with E-state index in [1.54, 1.807) is 0 Å². The van der Waals surface area contributed by atoms with Crippen LogP contribution in [0.25, 0.3) is 0 Å². The fourth-order valence-electron chi connectivity index (χ4n) is 2.83. The van der Waals surface area contributed by atoms with Crippen molar-refractivity contribution in [3.63, 3.8) is 0 Å². The number of benzene rings is 2. The summed E-state index contributed by atoms with van der Waals surface area (Å²) in [6.07, 6.45) is 1.10. The summed E-state index contributed by atoms with van der Waals surface area (Å²) in [4.78, 5) is 14.3. The molecule has 1 heterocycles. The highest BCUT2D eigenvalue weighted by atomic mass is 32.1. The zero-order valence-corrected chi connectivity index (χ0v) is 15.4. The zero-order chi connectivity index (χ0) is 18.2. The first-order valence-electron chi connectivity index (χ1n) is 8.78. The minimum Gasteiger partial charge on any atom is -0.378 e. The van der Waals surface area contributed by atoms with Gasteiger partial charge in [-0.25, -0.2) is 0 Å². The molecule has 1 saturated heterocycles. The Hall–Kier alpha value is -2.44. The number of hydrogen-bond donors (Lipinski definition) is 2.